The van der Waals surface area contributed by atoms with Crippen molar-refractivity contribution in [1.29, 1.82) is 0 Å². The van der Waals surface area contributed by atoms with E-state index in [1.165, 1.54) is 29.5 Å². The van der Waals surface area contributed by atoms with Crippen molar-refractivity contribution in [2.24, 2.45) is 0 Å². The third kappa shape index (κ3) is 3.73. The van der Waals surface area contributed by atoms with Crippen LogP contribution >= 0.6 is 11.3 Å². The van der Waals surface area contributed by atoms with Gasteiger partial charge in [-0.1, -0.05) is 0 Å². The van der Waals surface area contributed by atoms with Crippen LogP contribution in [0.1, 0.15) is 20.1 Å². The van der Waals surface area contributed by atoms with Gasteiger partial charge in [0, 0.05) is 30.1 Å². The lowest BCUT2D eigenvalue weighted by atomic mass is 10.2. The molecule has 7 heteroatoms. The molecule has 1 aromatic carbocycles. The molecule has 0 bridgehead atoms. The number of thiophene rings is 1. The summed E-state index contributed by atoms with van der Waals surface area (Å²) in [5.41, 5.74) is 0.626. The van der Waals surface area contributed by atoms with Gasteiger partial charge in [0.15, 0.2) is 6.61 Å². The van der Waals surface area contributed by atoms with Crippen LogP contribution in [0.4, 0.5) is 4.39 Å². The van der Waals surface area contributed by atoms with Crippen LogP contribution in [-0.4, -0.2) is 36.4 Å². The molecule has 126 valence electrons. The van der Waals surface area contributed by atoms with Crippen molar-refractivity contribution in [3.05, 3.63) is 51.5 Å². The van der Waals surface area contributed by atoms with Gasteiger partial charge in [0.2, 0.25) is 0 Å². The largest absolute Gasteiger partial charge is 0.483 e. The Kier molecular flexibility index (Phi) is 4.80. The SMILES string of the molecule is Cc1ccc(C(=O)NCCN2Cc3cc(F)ccc3OCC2=O)s1. The standard InChI is InChI=1S/C17H17FN2O3S/c1-11-2-5-15(24-11)17(22)19-6-7-20-9-12-8-13(18)3-4-14(12)23-10-16(20)21/h2-5,8H,6-7,9-10H2,1H3,(H,19,22). The molecule has 0 aliphatic carbocycles. The molecule has 0 saturated carbocycles. The van der Waals surface area contributed by atoms with Gasteiger partial charge in [-0.15, -0.1) is 11.3 Å². The first-order valence-corrected chi connectivity index (χ1v) is 8.38. The number of aryl methyl sites for hydroxylation is 1. The van der Waals surface area contributed by atoms with Gasteiger partial charge < -0.3 is 15.0 Å². The summed E-state index contributed by atoms with van der Waals surface area (Å²) >= 11 is 1.42. The fraction of sp³-hybridized carbons (Fsp3) is 0.294. The van der Waals surface area contributed by atoms with E-state index in [9.17, 15) is 14.0 Å². The summed E-state index contributed by atoms with van der Waals surface area (Å²) in [6, 6.07) is 7.87. The molecule has 0 radical (unpaired) electrons. The molecule has 2 aromatic rings. The van der Waals surface area contributed by atoms with Gasteiger partial charge in [0.25, 0.3) is 11.8 Å². The molecule has 0 fully saturated rings. The maximum atomic E-state index is 13.4. The fourth-order valence-electron chi connectivity index (χ4n) is 2.49. The van der Waals surface area contributed by atoms with Gasteiger partial charge in [0.05, 0.1) is 4.88 Å². The highest BCUT2D eigenvalue weighted by atomic mass is 32.1. The zero-order valence-corrected chi connectivity index (χ0v) is 14.0. The maximum Gasteiger partial charge on any atom is 0.261 e. The number of hydrogen-bond acceptors (Lipinski definition) is 4. The van der Waals surface area contributed by atoms with Gasteiger partial charge in [-0.25, -0.2) is 4.39 Å². The average Bonchev–Trinajstić information content (AvgIpc) is 2.92. The molecular weight excluding hydrogens is 331 g/mol. The van der Waals surface area contributed by atoms with E-state index in [4.69, 9.17) is 4.74 Å². The number of hydrogen-bond donors (Lipinski definition) is 1. The number of carbonyl (C=O) groups excluding carboxylic acids is 2. The topological polar surface area (TPSA) is 58.6 Å². The number of rotatable bonds is 4. The molecule has 0 saturated heterocycles. The molecule has 0 spiro atoms. The van der Waals surface area contributed by atoms with E-state index in [0.29, 0.717) is 29.3 Å². The number of fused-ring (bicyclic) bond motifs is 1. The number of benzene rings is 1. The average molecular weight is 348 g/mol. The first-order valence-electron chi connectivity index (χ1n) is 7.56. The molecule has 1 aromatic heterocycles. The number of nitrogens with one attached hydrogen (secondary N) is 1. The van der Waals surface area contributed by atoms with Crippen molar-refractivity contribution in [2.75, 3.05) is 19.7 Å². The predicted molar refractivity (Wildman–Crippen MR) is 88.7 cm³/mol. The zero-order chi connectivity index (χ0) is 17.1. The van der Waals surface area contributed by atoms with Crippen LogP contribution in [0.5, 0.6) is 5.75 Å². The first-order chi connectivity index (χ1) is 11.5. The van der Waals surface area contributed by atoms with Crippen molar-refractivity contribution in [1.82, 2.24) is 10.2 Å². The van der Waals surface area contributed by atoms with Crippen LogP contribution in [0, 0.1) is 12.7 Å². The van der Waals surface area contributed by atoms with E-state index in [1.54, 1.807) is 11.0 Å². The first kappa shape index (κ1) is 16.4. The fourth-order valence-corrected chi connectivity index (χ4v) is 3.27. The van der Waals surface area contributed by atoms with Gasteiger partial charge in [-0.2, -0.15) is 0 Å². The van der Waals surface area contributed by atoms with Gasteiger partial charge in [0.1, 0.15) is 11.6 Å². The molecule has 5 nitrogen and oxygen atoms in total. The summed E-state index contributed by atoms with van der Waals surface area (Å²) in [7, 11) is 0. The van der Waals surface area contributed by atoms with E-state index in [-0.39, 0.29) is 30.8 Å². The second kappa shape index (κ2) is 7.00. The third-order valence-corrected chi connectivity index (χ3v) is 4.72. The Labute approximate surface area is 143 Å². The van der Waals surface area contributed by atoms with Gasteiger partial charge in [-0.3, -0.25) is 9.59 Å². The van der Waals surface area contributed by atoms with E-state index in [2.05, 4.69) is 5.32 Å². The highest BCUT2D eigenvalue weighted by Crippen LogP contribution is 2.24. The van der Waals surface area contributed by atoms with Crippen LogP contribution in [0.3, 0.4) is 0 Å². The number of amides is 2. The molecule has 3 rings (SSSR count). The van der Waals surface area contributed by atoms with Gasteiger partial charge in [-0.05, 0) is 37.3 Å². The molecule has 1 N–H and O–H groups in total. The lowest BCUT2D eigenvalue weighted by molar-refractivity contribution is -0.133. The summed E-state index contributed by atoms with van der Waals surface area (Å²) in [6.45, 7) is 2.78. The van der Waals surface area contributed by atoms with Crippen LogP contribution in [0.25, 0.3) is 0 Å². The van der Waals surface area contributed by atoms with Crippen molar-refractivity contribution in [3.8, 4) is 5.75 Å². The Hall–Kier alpha value is -2.41. The van der Waals surface area contributed by atoms with E-state index in [0.717, 1.165) is 4.88 Å². The Bertz CT molecular complexity index is 775. The lowest BCUT2D eigenvalue weighted by Crippen LogP contribution is -2.39. The van der Waals surface area contributed by atoms with E-state index < -0.39 is 0 Å². The second-order valence-corrected chi connectivity index (χ2v) is 6.81. The summed E-state index contributed by atoms with van der Waals surface area (Å²) in [5, 5.41) is 2.80. The molecule has 2 heterocycles. The predicted octanol–water partition coefficient (Wildman–Crippen LogP) is 2.35. The summed E-state index contributed by atoms with van der Waals surface area (Å²) in [4.78, 5) is 27.4. The van der Waals surface area contributed by atoms with Crippen molar-refractivity contribution >= 4 is 23.2 Å². The van der Waals surface area contributed by atoms with Crippen molar-refractivity contribution in [3.63, 3.8) is 0 Å². The number of nitrogens with zero attached hydrogens (tertiary/aromatic N) is 1. The summed E-state index contributed by atoms with van der Waals surface area (Å²) < 4.78 is 18.8. The quantitative estimate of drug-likeness (QED) is 0.923. The summed E-state index contributed by atoms with van der Waals surface area (Å²) in [6.07, 6.45) is 0. The molecule has 1 aliphatic heterocycles. The maximum absolute atomic E-state index is 13.4. The highest BCUT2D eigenvalue weighted by Gasteiger charge is 2.21. The Balaban J connectivity index is 1.59. The Morgan fingerprint density at radius 3 is 2.96 bits per heavy atom. The summed E-state index contributed by atoms with van der Waals surface area (Å²) in [5.74, 6) is -0.191. The van der Waals surface area contributed by atoms with Crippen LogP contribution in [-0.2, 0) is 11.3 Å². The van der Waals surface area contributed by atoms with Gasteiger partial charge >= 0.3 is 0 Å². The number of ether oxygens (including phenoxy) is 1. The smallest absolute Gasteiger partial charge is 0.261 e. The van der Waals surface area contributed by atoms with Crippen LogP contribution < -0.4 is 10.1 Å². The molecule has 2 amide bonds. The number of halogens is 1. The Morgan fingerprint density at radius 2 is 2.21 bits per heavy atom. The third-order valence-electron chi connectivity index (χ3n) is 3.72. The van der Waals surface area contributed by atoms with Crippen molar-refractivity contribution in [2.45, 2.75) is 13.5 Å². The van der Waals surface area contributed by atoms with Crippen molar-refractivity contribution < 1.29 is 18.7 Å². The number of carbonyl (C=O) groups is 2. The van der Waals surface area contributed by atoms with E-state index in [1.807, 2.05) is 13.0 Å². The lowest BCUT2D eigenvalue weighted by Gasteiger charge is -2.20. The second-order valence-electron chi connectivity index (χ2n) is 5.52. The molecule has 0 atom stereocenters. The molecular formula is C17H17FN2O3S. The minimum Gasteiger partial charge on any atom is -0.483 e. The minimum atomic E-state index is -0.368. The monoisotopic (exact) mass is 348 g/mol. The molecule has 24 heavy (non-hydrogen) atoms. The van der Waals surface area contributed by atoms with E-state index >= 15 is 0 Å². The highest BCUT2D eigenvalue weighted by molar-refractivity contribution is 7.13. The van der Waals surface area contributed by atoms with Crippen LogP contribution in [0.15, 0.2) is 30.3 Å². The zero-order valence-electron chi connectivity index (χ0n) is 13.2. The van der Waals surface area contributed by atoms with Crippen LogP contribution in [0.2, 0.25) is 0 Å². The molecule has 1 aliphatic rings. The minimum absolute atomic E-state index is 0.0866. The molecule has 0 unspecified atom stereocenters. The normalized spacial score (nSPS) is 13.9. The Morgan fingerprint density at radius 1 is 1.38 bits per heavy atom.